The molecule has 8 heavy (non-hydrogen) atoms. The molecule has 2 fully saturated rings. The Hall–Kier alpha value is -0.0800. The third-order valence-corrected chi connectivity index (χ3v) is 1.95. The zero-order valence-electron chi connectivity index (χ0n) is 4.72. The van der Waals surface area contributed by atoms with Crippen molar-refractivity contribution in [1.82, 2.24) is 0 Å². The van der Waals surface area contributed by atoms with Gasteiger partial charge in [-0.25, -0.2) is 9.78 Å². The second-order valence-electron chi connectivity index (χ2n) is 2.49. The van der Waals surface area contributed by atoms with Crippen LogP contribution in [-0.2, 0) is 9.78 Å². The summed E-state index contributed by atoms with van der Waals surface area (Å²) in [7, 11) is 0. The molecular formula is C6H9O2. The van der Waals surface area contributed by atoms with E-state index in [2.05, 4.69) is 6.42 Å². The lowest BCUT2D eigenvalue weighted by Gasteiger charge is -2.33. The third-order valence-electron chi connectivity index (χ3n) is 1.95. The Morgan fingerprint density at radius 2 is 2.25 bits per heavy atom. The van der Waals surface area contributed by atoms with Crippen LogP contribution in [0.15, 0.2) is 0 Å². The lowest BCUT2D eigenvalue weighted by atomic mass is 9.78. The molecule has 1 aliphatic carbocycles. The molecule has 1 saturated carbocycles. The van der Waals surface area contributed by atoms with Crippen LogP contribution < -0.4 is 0 Å². The maximum Gasteiger partial charge on any atom is 0.109 e. The van der Waals surface area contributed by atoms with Gasteiger partial charge in [-0.3, -0.25) is 0 Å². The van der Waals surface area contributed by atoms with Crippen molar-refractivity contribution in [3.8, 4) is 0 Å². The summed E-state index contributed by atoms with van der Waals surface area (Å²) in [5, 5.41) is 0. The number of rotatable bonds is 0. The van der Waals surface area contributed by atoms with Gasteiger partial charge in [-0.05, 0) is 19.3 Å². The summed E-state index contributed by atoms with van der Waals surface area (Å²) in [5.74, 6) is 0. The summed E-state index contributed by atoms with van der Waals surface area (Å²) in [5.41, 5.74) is 0.0694. The van der Waals surface area contributed by atoms with Gasteiger partial charge >= 0.3 is 0 Å². The highest BCUT2D eigenvalue weighted by molar-refractivity contribution is 5.02. The molecule has 2 rings (SSSR count). The minimum absolute atomic E-state index is 0.0694. The fourth-order valence-corrected chi connectivity index (χ4v) is 1.18. The molecule has 0 aromatic rings. The van der Waals surface area contributed by atoms with Gasteiger partial charge in [-0.15, -0.1) is 0 Å². The van der Waals surface area contributed by atoms with E-state index in [1.165, 1.54) is 6.42 Å². The number of hydrogen-bond donors (Lipinski definition) is 0. The topological polar surface area (TPSA) is 18.5 Å². The predicted octanol–water partition coefficient (Wildman–Crippen LogP) is 1.08. The van der Waals surface area contributed by atoms with Gasteiger partial charge in [0.05, 0.1) is 6.61 Å². The second kappa shape index (κ2) is 1.45. The van der Waals surface area contributed by atoms with E-state index in [1.807, 2.05) is 0 Å². The maximum absolute atomic E-state index is 5.02. The van der Waals surface area contributed by atoms with Gasteiger partial charge in [0, 0.05) is 6.42 Å². The molecule has 2 heteroatoms. The molecule has 0 bridgehead atoms. The molecule has 2 nitrogen and oxygen atoms in total. The predicted molar refractivity (Wildman–Crippen MR) is 27.9 cm³/mol. The van der Waals surface area contributed by atoms with Crippen molar-refractivity contribution in [2.24, 2.45) is 0 Å². The molecule has 45 valence electrons. The van der Waals surface area contributed by atoms with E-state index in [4.69, 9.17) is 9.78 Å². The lowest BCUT2D eigenvalue weighted by Crippen LogP contribution is -2.36. The highest BCUT2D eigenvalue weighted by atomic mass is 17.2. The maximum atomic E-state index is 5.02. The molecule has 0 unspecified atom stereocenters. The van der Waals surface area contributed by atoms with Gasteiger partial charge in [-0.2, -0.15) is 0 Å². The average Bonchev–Trinajstić information content (AvgIpc) is 2.07. The van der Waals surface area contributed by atoms with E-state index in [1.54, 1.807) is 0 Å². The van der Waals surface area contributed by atoms with Crippen LogP contribution in [0.25, 0.3) is 0 Å². The largest absolute Gasteiger partial charge is 0.236 e. The van der Waals surface area contributed by atoms with Crippen molar-refractivity contribution in [2.75, 3.05) is 6.61 Å². The fraction of sp³-hybridized carbons (Fsp3) is 0.833. The first-order valence-corrected chi connectivity index (χ1v) is 3.06. The molecule has 0 amide bonds. The molecule has 1 heterocycles. The molecular weight excluding hydrogens is 104 g/mol. The summed E-state index contributed by atoms with van der Waals surface area (Å²) < 4.78 is 0. The Kier molecular flexibility index (Phi) is 0.866. The third kappa shape index (κ3) is 0.501. The molecule has 0 aromatic carbocycles. The van der Waals surface area contributed by atoms with Crippen molar-refractivity contribution in [2.45, 2.75) is 24.9 Å². The molecule has 1 saturated heterocycles. The highest BCUT2D eigenvalue weighted by Crippen LogP contribution is 2.41. The number of hydrogen-bond acceptors (Lipinski definition) is 2. The minimum atomic E-state index is 0.0694. The molecule has 2 aliphatic rings. The van der Waals surface area contributed by atoms with Crippen molar-refractivity contribution >= 4 is 0 Å². The van der Waals surface area contributed by atoms with Crippen LogP contribution in [0.3, 0.4) is 0 Å². The van der Waals surface area contributed by atoms with Gasteiger partial charge in [0.25, 0.3) is 0 Å². The average molecular weight is 113 g/mol. The van der Waals surface area contributed by atoms with Crippen LogP contribution in [-0.4, -0.2) is 12.2 Å². The van der Waals surface area contributed by atoms with Gasteiger partial charge in [0.2, 0.25) is 0 Å². The first-order chi connectivity index (χ1) is 3.91. The highest BCUT2D eigenvalue weighted by Gasteiger charge is 2.43. The van der Waals surface area contributed by atoms with Crippen LogP contribution in [0.2, 0.25) is 0 Å². The van der Waals surface area contributed by atoms with E-state index < -0.39 is 0 Å². The van der Waals surface area contributed by atoms with E-state index in [0.717, 1.165) is 12.8 Å². The lowest BCUT2D eigenvalue weighted by molar-refractivity contribution is -0.323. The first kappa shape index (κ1) is 4.77. The standard InChI is InChI=1S/C6H9O2/c1-2-6(3-1)4-5-7-8-6/h4H,1-3,5H2. The van der Waals surface area contributed by atoms with Gasteiger partial charge in [-0.1, -0.05) is 0 Å². The Bertz CT molecular complexity index is 88.7. The van der Waals surface area contributed by atoms with E-state index in [9.17, 15) is 0 Å². The quantitative estimate of drug-likeness (QED) is 0.437. The van der Waals surface area contributed by atoms with Crippen molar-refractivity contribution < 1.29 is 9.78 Å². The van der Waals surface area contributed by atoms with Crippen LogP contribution in [0.5, 0.6) is 0 Å². The van der Waals surface area contributed by atoms with Gasteiger partial charge in [0.1, 0.15) is 5.60 Å². The zero-order valence-corrected chi connectivity index (χ0v) is 4.72. The van der Waals surface area contributed by atoms with Gasteiger partial charge < -0.3 is 0 Å². The molecule has 0 atom stereocenters. The molecule has 0 aromatic heterocycles. The van der Waals surface area contributed by atoms with Crippen LogP contribution in [0.4, 0.5) is 0 Å². The van der Waals surface area contributed by atoms with Crippen molar-refractivity contribution in [3.05, 3.63) is 6.42 Å². The van der Waals surface area contributed by atoms with Crippen molar-refractivity contribution in [3.63, 3.8) is 0 Å². The molecule has 1 radical (unpaired) electrons. The Balaban J connectivity index is 2.01. The normalized spacial score (nSPS) is 33.0. The van der Waals surface area contributed by atoms with Crippen LogP contribution in [0, 0.1) is 6.42 Å². The molecule has 1 aliphatic heterocycles. The SMILES string of the molecule is [CH]1COOC12CCC2. The summed E-state index contributed by atoms with van der Waals surface area (Å²) in [6.45, 7) is 0.681. The smallest absolute Gasteiger partial charge is 0.109 e. The fourth-order valence-electron chi connectivity index (χ4n) is 1.18. The Morgan fingerprint density at radius 1 is 1.38 bits per heavy atom. The summed E-state index contributed by atoms with van der Waals surface area (Å²) in [6.07, 6.45) is 5.73. The van der Waals surface area contributed by atoms with Crippen LogP contribution in [0.1, 0.15) is 19.3 Å². The second-order valence-corrected chi connectivity index (χ2v) is 2.49. The van der Waals surface area contributed by atoms with Crippen LogP contribution >= 0.6 is 0 Å². The van der Waals surface area contributed by atoms with Crippen molar-refractivity contribution in [1.29, 1.82) is 0 Å². The summed E-state index contributed by atoms with van der Waals surface area (Å²) >= 11 is 0. The summed E-state index contributed by atoms with van der Waals surface area (Å²) in [6, 6.07) is 0. The molecule has 0 N–H and O–H groups in total. The Morgan fingerprint density at radius 3 is 2.50 bits per heavy atom. The monoisotopic (exact) mass is 113 g/mol. The minimum Gasteiger partial charge on any atom is -0.236 e. The Labute approximate surface area is 48.7 Å². The van der Waals surface area contributed by atoms with E-state index in [-0.39, 0.29) is 5.60 Å². The molecule has 1 spiro atoms. The zero-order chi connectivity index (χ0) is 5.45. The summed E-state index contributed by atoms with van der Waals surface area (Å²) in [4.78, 5) is 9.77. The van der Waals surface area contributed by atoms with E-state index in [0.29, 0.717) is 6.61 Å². The van der Waals surface area contributed by atoms with E-state index >= 15 is 0 Å². The van der Waals surface area contributed by atoms with Gasteiger partial charge in [0.15, 0.2) is 0 Å². The first-order valence-electron chi connectivity index (χ1n) is 3.06.